The molecule has 0 saturated carbocycles. The molecule has 0 aliphatic carbocycles. The van der Waals surface area contributed by atoms with Crippen LogP contribution >= 0.6 is 23.2 Å². The predicted octanol–water partition coefficient (Wildman–Crippen LogP) is 1.28. The van der Waals surface area contributed by atoms with Crippen molar-refractivity contribution in [1.82, 2.24) is 9.97 Å². The van der Waals surface area contributed by atoms with Gasteiger partial charge in [-0.3, -0.25) is 4.90 Å². The number of nitrogens with zero attached hydrogens (tertiary/aromatic N) is 4. The van der Waals surface area contributed by atoms with Gasteiger partial charge in [-0.2, -0.15) is 9.37 Å². The van der Waals surface area contributed by atoms with Crippen molar-refractivity contribution in [2.24, 2.45) is 4.99 Å². The second-order valence-electron chi connectivity index (χ2n) is 3.58. The van der Waals surface area contributed by atoms with Gasteiger partial charge in [-0.15, -0.1) is 0 Å². The Hall–Kier alpha value is -1.25. The van der Waals surface area contributed by atoms with Crippen molar-refractivity contribution in [3.05, 3.63) is 29.6 Å². The fourth-order valence-corrected chi connectivity index (χ4v) is 3.40. The Bertz CT molecular complexity index is 677. The number of amidine groups is 1. The molecule has 2 rings (SSSR count). The summed E-state index contributed by atoms with van der Waals surface area (Å²) in [5.41, 5.74) is 0. The maximum atomic E-state index is 13.0. The summed E-state index contributed by atoms with van der Waals surface area (Å²) in [5, 5.41) is -1.78. The lowest BCUT2D eigenvalue weighted by atomic mass is 10.4. The normalized spacial score (nSPS) is 20.0. The smallest absolute Gasteiger partial charge is 0.278 e. The van der Waals surface area contributed by atoms with Gasteiger partial charge in [0.15, 0.2) is 15.2 Å². The van der Waals surface area contributed by atoms with Crippen LogP contribution in [0.2, 0.25) is 0 Å². The largest absolute Gasteiger partial charge is 0.310 e. The van der Waals surface area contributed by atoms with Gasteiger partial charge in [0.2, 0.25) is 5.29 Å². The van der Waals surface area contributed by atoms with E-state index in [2.05, 4.69) is 21.2 Å². The van der Waals surface area contributed by atoms with Crippen molar-refractivity contribution < 1.29 is 12.8 Å². The standard InChI is InChI=1S/C9H6Cl2FN4O2S/c1-19(17,18)7-5(10)4-14-8(11)16(7)6-2-3-13-9(12)15-6/h2-3,7H,1H3. The topological polar surface area (TPSA) is 75.5 Å². The highest BCUT2D eigenvalue weighted by atomic mass is 35.5. The highest BCUT2D eigenvalue weighted by Crippen LogP contribution is 2.29. The summed E-state index contributed by atoms with van der Waals surface area (Å²) in [5.74, 6) is -0.0728. The molecule has 10 heteroatoms. The van der Waals surface area contributed by atoms with Gasteiger partial charge in [0.25, 0.3) is 0 Å². The van der Waals surface area contributed by atoms with E-state index in [4.69, 9.17) is 23.2 Å². The van der Waals surface area contributed by atoms with E-state index in [1.165, 1.54) is 6.07 Å². The number of anilines is 1. The molecule has 1 aliphatic heterocycles. The molecule has 19 heavy (non-hydrogen) atoms. The fourth-order valence-electron chi connectivity index (χ4n) is 1.47. The van der Waals surface area contributed by atoms with Crippen LogP contribution in [0.4, 0.5) is 10.2 Å². The van der Waals surface area contributed by atoms with Crippen LogP contribution in [0, 0.1) is 12.3 Å². The Morgan fingerprint density at radius 2 is 2.16 bits per heavy atom. The summed E-state index contributed by atoms with van der Waals surface area (Å²) in [6.07, 6.45) is 3.34. The van der Waals surface area contributed by atoms with Gasteiger partial charge in [0.05, 0.1) is 5.03 Å². The first-order valence-electron chi connectivity index (χ1n) is 4.79. The molecule has 1 unspecified atom stereocenters. The van der Waals surface area contributed by atoms with E-state index in [9.17, 15) is 12.8 Å². The van der Waals surface area contributed by atoms with Crippen molar-refractivity contribution >= 4 is 44.2 Å². The van der Waals surface area contributed by atoms with Crippen molar-refractivity contribution in [2.45, 2.75) is 5.37 Å². The molecule has 2 heterocycles. The van der Waals surface area contributed by atoms with Crippen molar-refractivity contribution in [3.63, 3.8) is 0 Å². The average molecular weight is 324 g/mol. The van der Waals surface area contributed by atoms with E-state index < -0.39 is 21.3 Å². The zero-order valence-electron chi connectivity index (χ0n) is 9.38. The van der Waals surface area contributed by atoms with Gasteiger partial charge >= 0.3 is 6.08 Å². The zero-order valence-corrected chi connectivity index (χ0v) is 11.7. The summed E-state index contributed by atoms with van der Waals surface area (Å²) in [6, 6.07) is 1.29. The third-order valence-corrected chi connectivity index (χ3v) is 4.11. The lowest BCUT2D eigenvalue weighted by Crippen LogP contribution is -2.45. The highest BCUT2D eigenvalue weighted by Gasteiger charge is 2.37. The molecule has 0 spiro atoms. The molecule has 6 nitrogen and oxygen atoms in total. The molecule has 0 N–H and O–H groups in total. The summed E-state index contributed by atoms with van der Waals surface area (Å²) in [7, 11) is -3.67. The first-order valence-corrected chi connectivity index (χ1v) is 7.50. The molecule has 0 aromatic carbocycles. The molecular formula is C9H6Cl2FN4O2S. The monoisotopic (exact) mass is 323 g/mol. The van der Waals surface area contributed by atoms with E-state index >= 15 is 0 Å². The average Bonchev–Trinajstić information content (AvgIpc) is 2.30. The first-order chi connectivity index (χ1) is 8.80. The number of hydrogen-bond donors (Lipinski definition) is 0. The summed E-state index contributed by atoms with van der Waals surface area (Å²) < 4.78 is 36.6. The lowest BCUT2D eigenvalue weighted by Gasteiger charge is -2.30. The van der Waals surface area contributed by atoms with Crippen molar-refractivity contribution in [3.8, 4) is 0 Å². The Morgan fingerprint density at radius 1 is 1.47 bits per heavy atom. The van der Waals surface area contributed by atoms with Gasteiger partial charge in [-0.1, -0.05) is 11.6 Å². The van der Waals surface area contributed by atoms with Crippen LogP contribution in [-0.2, 0) is 9.84 Å². The Kier molecular flexibility index (Phi) is 3.75. The molecule has 1 radical (unpaired) electrons. The van der Waals surface area contributed by atoms with Crippen molar-refractivity contribution in [1.29, 1.82) is 0 Å². The van der Waals surface area contributed by atoms with E-state index in [-0.39, 0.29) is 16.1 Å². The predicted molar refractivity (Wildman–Crippen MR) is 69.0 cm³/mol. The lowest BCUT2D eigenvalue weighted by molar-refractivity contribution is 0.538. The van der Waals surface area contributed by atoms with Crippen LogP contribution in [0.25, 0.3) is 0 Å². The molecule has 0 fully saturated rings. The van der Waals surface area contributed by atoms with Crippen LogP contribution in [0.5, 0.6) is 0 Å². The van der Waals surface area contributed by atoms with E-state index in [1.54, 1.807) is 0 Å². The fraction of sp³-hybridized carbons (Fsp3) is 0.222. The van der Waals surface area contributed by atoms with Gasteiger partial charge in [-0.05, 0) is 17.7 Å². The molecule has 0 bridgehead atoms. The van der Waals surface area contributed by atoms with Gasteiger partial charge in [0, 0.05) is 12.5 Å². The maximum Gasteiger partial charge on any atom is 0.310 e. The summed E-state index contributed by atoms with van der Waals surface area (Å²) >= 11 is 11.6. The molecule has 1 aromatic rings. The molecule has 1 aromatic heterocycles. The highest BCUT2D eigenvalue weighted by molar-refractivity contribution is 7.91. The molecule has 1 atom stereocenters. The molecule has 0 saturated heterocycles. The molecular weight excluding hydrogens is 318 g/mol. The van der Waals surface area contributed by atoms with Crippen LogP contribution < -0.4 is 4.90 Å². The van der Waals surface area contributed by atoms with E-state index in [0.717, 1.165) is 17.4 Å². The second kappa shape index (κ2) is 5.03. The third kappa shape index (κ3) is 2.85. The minimum Gasteiger partial charge on any atom is -0.278 e. The number of aliphatic imine (C=N–C) groups is 1. The second-order valence-corrected chi connectivity index (χ2v) is 6.43. The molecule has 101 valence electrons. The minimum absolute atomic E-state index is 0.0728. The molecule has 0 amide bonds. The Morgan fingerprint density at radius 3 is 2.74 bits per heavy atom. The first kappa shape index (κ1) is 14.2. The van der Waals surface area contributed by atoms with Crippen LogP contribution in [0.1, 0.15) is 0 Å². The summed E-state index contributed by atoms with van der Waals surface area (Å²) in [6.45, 7) is 0. The third-order valence-electron chi connectivity index (χ3n) is 2.17. The van der Waals surface area contributed by atoms with Gasteiger partial charge < -0.3 is 0 Å². The SMILES string of the molecule is CS(=O)(=O)C1C(Cl)=[C]N=C(Cl)N1c1ccnc(F)n1. The Labute approximate surface area is 118 Å². The van der Waals surface area contributed by atoms with Crippen LogP contribution in [0.15, 0.2) is 22.3 Å². The Balaban J connectivity index is 2.58. The number of hydrogen-bond acceptors (Lipinski definition) is 6. The van der Waals surface area contributed by atoms with Gasteiger partial charge in [0.1, 0.15) is 12.0 Å². The minimum atomic E-state index is -3.67. The van der Waals surface area contributed by atoms with E-state index in [1.807, 2.05) is 0 Å². The molecule has 1 aliphatic rings. The van der Waals surface area contributed by atoms with Crippen LogP contribution in [-0.4, -0.2) is 35.3 Å². The summed E-state index contributed by atoms with van der Waals surface area (Å²) in [4.78, 5) is 11.3. The quantitative estimate of drug-likeness (QED) is 0.605. The number of rotatable bonds is 2. The van der Waals surface area contributed by atoms with E-state index in [0.29, 0.717) is 0 Å². The van der Waals surface area contributed by atoms with Crippen LogP contribution in [0.3, 0.4) is 0 Å². The number of sulfone groups is 1. The number of aromatic nitrogens is 2. The van der Waals surface area contributed by atoms with Crippen molar-refractivity contribution in [2.75, 3.05) is 11.2 Å². The van der Waals surface area contributed by atoms with Gasteiger partial charge in [-0.25, -0.2) is 18.4 Å². The zero-order chi connectivity index (χ0) is 14.2. The maximum absolute atomic E-state index is 13.0. The number of halogens is 3.